The number of nitrogens with zero attached hydrogens (tertiary/aromatic N) is 1. The van der Waals surface area contributed by atoms with E-state index in [1.165, 1.54) is 45.2 Å². The molecular weight excluding hydrogens is 212 g/mol. The smallest absolute Gasteiger partial charge is 0.0509 e. The standard InChI is InChI=1S/C14H26N2O/c15-7-14(13-5-2-6-17-10-13)16-8-11-3-1-4-12(11)9-16/h11-14H,1-10,15H2. The molecular formula is C14H26N2O. The van der Waals surface area contributed by atoms with Crippen molar-refractivity contribution in [3.63, 3.8) is 0 Å². The fourth-order valence-electron chi connectivity index (χ4n) is 4.25. The molecule has 2 heterocycles. The van der Waals surface area contributed by atoms with Gasteiger partial charge >= 0.3 is 0 Å². The van der Waals surface area contributed by atoms with Gasteiger partial charge in [-0.25, -0.2) is 0 Å². The summed E-state index contributed by atoms with van der Waals surface area (Å²) in [6.45, 7) is 5.33. The Balaban J connectivity index is 1.61. The Morgan fingerprint density at radius 3 is 2.47 bits per heavy atom. The highest BCUT2D eigenvalue weighted by molar-refractivity contribution is 4.93. The van der Waals surface area contributed by atoms with E-state index >= 15 is 0 Å². The van der Waals surface area contributed by atoms with E-state index < -0.39 is 0 Å². The van der Waals surface area contributed by atoms with Gasteiger partial charge in [-0.1, -0.05) is 6.42 Å². The van der Waals surface area contributed by atoms with E-state index in [0.29, 0.717) is 12.0 Å². The number of rotatable bonds is 3. The van der Waals surface area contributed by atoms with Crippen molar-refractivity contribution in [2.45, 2.75) is 38.1 Å². The first kappa shape index (κ1) is 11.9. The summed E-state index contributed by atoms with van der Waals surface area (Å²) in [5.74, 6) is 2.65. The van der Waals surface area contributed by atoms with Crippen LogP contribution in [-0.4, -0.2) is 43.8 Å². The molecule has 1 aliphatic carbocycles. The van der Waals surface area contributed by atoms with Crippen molar-refractivity contribution in [3.05, 3.63) is 0 Å². The van der Waals surface area contributed by atoms with E-state index in [9.17, 15) is 0 Å². The molecule has 0 bridgehead atoms. The summed E-state index contributed by atoms with van der Waals surface area (Å²) >= 11 is 0. The second kappa shape index (κ2) is 5.25. The molecule has 0 spiro atoms. The monoisotopic (exact) mass is 238 g/mol. The maximum atomic E-state index is 6.04. The third-order valence-corrected chi connectivity index (χ3v) is 5.20. The van der Waals surface area contributed by atoms with Crippen LogP contribution in [0.5, 0.6) is 0 Å². The molecule has 0 amide bonds. The minimum Gasteiger partial charge on any atom is -0.381 e. The van der Waals surface area contributed by atoms with E-state index in [2.05, 4.69) is 4.90 Å². The number of hydrogen-bond acceptors (Lipinski definition) is 3. The number of ether oxygens (including phenoxy) is 1. The first-order chi connectivity index (χ1) is 8.38. The normalized spacial score (nSPS) is 40.4. The SMILES string of the molecule is NCC(C1CCCOC1)N1CC2CCCC2C1. The third kappa shape index (κ3) is 2.38. The van der Waals surface area contributed by atoms with Gasteiger partial charge in [-0.3, -0.25) is 4.90 Å². The van der Waals surface area contributed by atoms with Gasteiger partial charge in [-0.05, 0) is 43.4 Å². The van der Waals surface area contributed by atoms with Gasteiger partial charge in [0.25, 0.3) is 0 Å². The average molecular weight is 238 g/mol. The van der Waals surface area contributed by atoms with Gasteiger partial charge in [0, 0.05) is 32.3 Å². The zero-order chi connectivity index (χ0) is 11.7. The first-order valence-corrected chi connectivity index (χ1v) is 7.40. The lowest BCUT2D eigenvalue weighted by molar-refractivity contribution is 0.0150. The summed E-state index contributed by atoms with van der Waals surface area (Å²) < 4.78 is 5.64. The molecule has 1 saturated carbocycles. The maximum Gasteiger partial charge on any atom is 0.0509 e. The molecule has 2 N–H and O–H groups in total. The molecule has 98 valence electrons. The lowest BCUT2D eigenvalue weighted by Crippen LogP contribution is -2.47. The molecule has 17 heavy (non-hydrogen) atoms. The third-order valence-electron chi connectivity index (χ3n) is 5.20. The van der Waals surface area contributed by atoms with Crippen molar-refractivity contribution in [2.24, 2.45) is 23.5 Å². The lowest BCUT2D eigenvalue weighted by atomic mass is 9.92. The molecule has 2 aliphatic heterocycles. The Hall–Kier alpha value is -0.120. The minimum absolute atomic E-state index is 0.584. The van der Waals surface area contributed by atoms with Crippen molar-refractivity contribution in [1.29, 1.82) is 0 Å². The number of nitrogens with two attached hydrogens (primary N) is 1. The fraction of sp³-hybridized carbons (Fsp3) is 1.00. The number of fused-ring (bicyclic) bond motifs is 1. The Bertz CT molecular complexity index is 241. The highest BCUT2D eigenvalue weighted by Gasteiger charge is 2.40. The molecule has 4 atom stereocenters. The van der Waals surface area contributed by atoms with E-state index in [1.807, 2.05) is 0 Å². The van der Waals surface area contributed by atoms with Crippen LogP contribution in [0.25, 0.3) is 0 Å². The molecule has 2 saturated heterocycles. The van der Waals surface area contributed by atoms with Crippen molar-refractivity contribution in [2.75, 3.05) is 32.8 Å². The van der Waals surface area contributed by atoms with E-state index in [0.717, 1.165) is 31.6 Å². The van der Waals surface area contributed by atoms with Crippen molar-refractivity contribution >= 4 is 0 Å². The fourth-order valence-corrected chi connectivity index (χ4v) is 4.25. The molecule has 0 aromatic heterocycles. The largest absolute Gasteiger partial charge is 0.381 e. The van der Waals surface area contributed by atoms with Crippen LogP contribution in [0.3, 0.4) is 0 Å². The topological polar surface area (TPSA) is 38.5 Å². The molecule has 3 rings (SSSR count). The second-order valence-electron chi connectivity index (χ2n) is 6.19. The number of hydrogen-bond donors (Lipinski definition) is 1. The molecule has 3 heteroatoms. The first-order valence-electron chi connectivity index (χ1n) is 7.40. The van der Waals surface area contributed by atoms with Gasteiger partial charge in [0.2, 0.25) is 0 Å². The Morgan fingerprint density at radius 2 is 1.88 bits per heavy atom. The average Bonchev–Trinajstić information content (AvgIpc) is 2.92. The van der Waals surface area contributed by atoms with Gasteiger partial charge < -0.3 is 10.5 Å². The zero-order valence-electron chi connectivity index (χ0n) is 10.8. The zero-order valence-corrected chi connectivity index (χ0v) is 10.8. The van der Waals surface area contributed by atoms with Crippen LogP contribution in [-0.2, 0) is 4.74 Å². The highest BCUT2D eigenvalue weighted by Crippen LogP contribution is 2.39. The van der Waals surface area contributed by atoms with Crippen LogP contribution in [0.2, 0.25) is 0 Å². The van der Waals surface area contributed by atoms with Crippen molar-refractivity contribution in [1.82, 2.24) is 4.90 Å². The van der Waals surface area contributed by atoms with Crippen LogP contribution >= 0.6 is 0 Å². The molecule has 3 aliphatic rings. The molecule has 0 aromatic rings. The number of likely N-dealkylation sites (tertiary alicyclic amines) is 1. The molecule has 0 radical (unpaired) electrons. The molecule has 0 aromatic carbocycles. The van der Waals surface area contributed by atoms with Crippen LogP contribution in [0.4, 0.5) is 0 Å². The summed E-state index contributed by atoms with van der Waals surface area (Å²) in [5.41, 5.74) is 6.04. The quantitative estimate of drug-likeness (QED) is 0.809. The Labute approximate surface area is 105 Å². The second-order valence-corrected chi connectivity index (χ2v) is 6.19. The van der Waals surface area contributed by atoms with Gasteiger partial charge in [0.1, 0.15) is 0 Å². The van der Waals surface area contributed by atoms with Gasteiger partial charge in [0.15, 0.2) is 0 Å². The molecule has 3 nitrogen and oxygen atoms in total. The van der Waals surface area contributed by atoms with Crippen LogP contribution in [0.1, 0.15) is 32.1 Å². The van der Waals surface area contributed by atoms with Gasteiger partial charge in [-0.15, -0.1) is 0 Å². The van der Waals surface area contributed by atoms with E-state index in [4.69, 9.17) is 10.5 Å². The summed E-state index contributed by atoms with van der Waals surface area (Å²) in [5, 5.41) is 0. The van der Waals surface area contributed by atoms with Crippen molar-refractivity contribution < 1.29 is 4.74 Å². The maximum absolute atomic E-state index is 6.04. The summed E-state index contributed by atoms with van der Waals surface area (Å²) in [6.07, 6.45) is 6.91. The molecule has 3 fully saturated rings. The minimum atomic E-state index is 0.584. The summed E-state index contributed by atoms with van der Waals surface area (Å²) in [6, 6.07) is 0.584. The Morgan fingerprint density at radius 1 is 1.12 bits per heavy atom. The van der Waals surface area contributed by atoms with Gasteiger partial charge in [-0.2, -0.15) is 0 Å². The predicted octanol–water partition coefficient (Wildman–Crippen LogP) is 1.47. The Kier molecular flexibility index (Phi) is 3.69. The van der Waals surface area contributed by atoms with E-state index in [-0.39, 0.29) is 0 Å². The summed E-state index contributed by atoms with van der Waals surface area (Å²) in [7, 11) is 0. The van der Waals surface area contributed by atoms with Crippen LogP contribution in [0.15, 0.2) is 0 Å². The molecule has 4 unspecified atom stereocenters. The van der Waals surface area contributed by atoms with Gasteiger partial charge in [0.05, 0.1) is 6.61 Å². The lowest BCUT2D eigenvalue weighted by Gasteiger charge is -2.36. The van der Waals surface area contributed by atoms with Crippen LogP contribution < -0.4 is 5.73 Å². The van der Waals surface area contributed by atoms with Crippen LogP contribution in [0, 0.1) is 17.8 Å². The highest BCUT2D eigenvalue weighted by atomic mass is 16.5. The van der Waals surface area contributed by atoms with Crippen molar-refractivity contribution in [3.8, 4) is 0 Å². The summed E-state index contributed by atoms with van der Waals surface area (Å²) in [4.78, 5) is 2.69. The van der Waals surface area contributed by atoms with E-state index in [1.54, 1.807) is 0 Å². The predicted molar refractivity (Wildman–Crippen MR) is 68.8 cm³/mol.